The molecule has 1 aliphatic heterocycles. The van der Waals surface area contributed by atoms with Gasteiger partial charge < -0.3 is 15.0 Å². The lowest BCUT2D eigenvalue weighted by Gasteiger charge is -2.38. The minimum Gasteiger partial charge on any atom is -0.481 e. The molecular formula is C25H30N2O3. The molecule has 158 valence electrons. The molecule has 0 bridgehead atoms. The zero-order valence-corrected chi connectivity index (χ0v) is 18.0. The fourth-order valence-electron chi connectivity index (χ4n) is 3.91. The molecule has 0 spiro atoms. The van der Waals surface area contributed by atoms with E-state index in [0.717, 1.165) is 23.1 Å². The number of hydrogen-bond donors (Lipinski definition) is 1. The highest BCUT2D eigenvalue weighted by Gasteiger charge is 2.32. The number of benzene rings is 2. The van der Waals surface area contributed by atoms with Gasteiger partial charge in [-0.15, -0.1) is 6.58 Å². The smallest absolute Gasteiger partial charge is 0.261 e. The van der Waals surface area contributed by atoms with Gasteiger partial charge in [-0.05, 0) is 49.1 Å². The summed E-state index contributed by atoms with van der Waals surface area (Å²) in [6.07, 6.45) is 2.28. The van der Waals surface area contributed by atoms with Gasteiger partial charge in [0.25, 0.3) is 5.91 Å². The normalized spacial score (nSPS) is 16.4. The number of carbonyl (C=O) groups excluding carboxylic acids is 2. The third-order valence-corrected chi connectivity index (χ3v) is 5.43. The van der Waals surface area contributed by atoms with Crippen molar-refractivity contribution in [3.05, 3.63) is 77.4 Å². The third-order valence-electron chi connectivity index (χ3n) is 5.43. The molecule has 1 aliphatic rings. The quantitative estimate of drug-likeness (QED) is 0.709. The summed E-state index contributed by atoms with van der Waals surface area (Å²) < 4.78 is 5.92. The van der Waals surface area contributed by atoms with Crippen LogP contribution in [0.15, 0.2) is 55.1 Å². The number of aryl methyl sites for hydroxylation is 1. The monoisotopic (exact) mass is 406 g/mol. The average Bonchev–Trinajstić information content (AvgIpc) is 2.75. The fourth-order valence-corrected chi connectivity index (χ4v) is 3.91. The lowest BCUT2D eigenvalue weighted by molar-refractivity contribution is -0.133. The summed E-state index contributed by atoms with van der Waals surface area (Å²) in [7, 11) is 0. The molecular weight excluding hydrogens is 376 g/mol. The largest absolute Gasteiger partial charge is 0.481 e. The van der Waals surface area contributed by atoms with E-state index in [2.05, 4.69) is 43.1 Å². The number of fused-ring (bicyclic) bond motifs is 1. The van der Waals surface area contributed by atoms with Crippen molar-refractivity contribution in [3.63, 3.8) is 0 Å². The van der Waals surface area contributed by atoms with Crippen LogP contribution in [0.5, 0.6) is 5.75 Å². The Kier molecular flexibility index (Phi) is 6.93. The average molecular weight is 407 g/mol. The van der Waals surface area contributed by atoms with Crippen LogP contribution in [0.1, 0.15) is 48.6 Å². The highest BCUT2D eigenvalue weighted by atomic mass is 16.5. The molecule has 2 aromatic rings. The molecule has 2 amide bonds. The molecule has 1 heterocycles. The predicted octanol–water partition coefficient (Wildman–Crippen LogP) is 3.95. The van der Waals surface area contributed by atoms with Crippen molar-refractivity contribution in [2.75, 3.05) is 13.1 Å². The summed E-state index contributed by atoms with van der Waals surface area (Å²) in [6, 6.07) is 14.1. The number of carbonyl (C=O) groups is 2. The van der Waals surface area contributed by atoms with Gasteiger partial charge in [-0.25, -0.2) is 0 Å². The summed E-state index contributed by atoms with van der Waals surface area (Å²) in [5.74, 6) is 0.569. The zero-order valence-electron chi connectivity index (χ0n) is 18.0. The maximum absolute atomic E-state index is 12.7. The van der Waals surface area contributed by atoms with Gasteiger partial charge in [0.15, 0.2) is 6.10 Å². The highest BCUT2D eigenvalue weighted by molar-refractivity contribution is 5.81. The zero-order chi connectivity index (χ0) is 21.7. The van der Waals surface area contributed by atoms with Crippen molar-refractivity contribution in [2.45, 2.75) is 45.8 Å². The van der Waals surface area contributed by atoms with Crippen LogP contribution in [0.2, 0.25) is 0 Å². The van der Waals surface area contributed by atoms with Crippen LogP contribution in [-0.2, 0) is 16.0 Å². The maximum atomic E-state index is 12.7. The molecule has 0 radical (unpaired) electrons. The third kappa shape index (κ3) is 4.73. The number of nitrogens with one attached hydrogen (secondary N) is 1. The molecule has 2 unspecified atom stereocenters. The van der Waals surface area contributed by atoms with E-state index in [1.807, 2.05) is 30.0 Å². The second-order valence-corrected chi connectivity index (χ2v) is 7.66. The van der Waals surface area contributed by atoms with Crippen molar-refractivity contribution in [1.29, 1.82) is 0 Å². The molecule has 0 aromatic heterocycles. The van der Waals surface area contributed by atoms with Crippen LogP contribution in [0.4, 0.5) is 0 Å². The molecule has 0 saturated carbocycles. The lowest BCUT2D eigenvalue weighted by Crippen LogP contribution is -2.40. The minimum absolute atomic E-state index is 0.135. The molecule has 2 aromatic carbocycles. The Morgan fingerprint density at radius 3 is 2.80 bits per heavy atom. The van der Waals surface area contributed by atoms with Gasteiger partial charge in [-0.2, -0.15) is 0 Å². The summed E-state index contributed by atoms with van der Waals surface area (Å²) in [6.45, 7) is 10.4. The van der Waals surface area contributed by atoms with Gasteiger partial charge in [0.05, 0.1) is 6.04 Å². The Morgan fingerprint density at radius 1 is 1.30 bits per heavy atom. The van der Waals surface area contributed by atoms with Crippen LogP contribution in [0.25, 0.3) is 0 Å². The lowest BCUT2D eigenvalue weighted by atomic mass is 9.87. The van der Waals surface area contributed by atoms with E-state index in [9.17, 15) is 9.59 Å². The van der Waals surface area contributed by atoms with Crippen LogP contribution >= 0.6 is 0 Å². The van der Waals surface area contributed by atoms with Gasteiger partial charge in [0.1, 0.15) is 5.75 Å². The Balaban J connectivity index is 1.96. The first-order valence-electron chi connectivity index (χ1n) is 10.5. The molecule has 0 aliphatic carbocycles. The topological polar surface area (TPSA) is 58.6 Å². The maximum Gasteiger partial charge on any atom is 0.261 e. The van der Waals surface area contributed by atoms with E-state index >= 15 is 0 Å². The van der Waals surface area contributed by atoms with Crippen molar-refractivity contribution in [3.8, 4) is 5.75 Å². The Hall–Kier alpha value is -3.08. The van der Waals surface area contributed by atoms with Crippen LogP contribution in [-0.4, -0.2) is 35.9 Å². The van der Waals surface area contributed by atoms with Crippen LogP contribution in [0, 0.1) is 6.92 Å². The van der Waals surface area contributed by atoms with E-state index in [-0.39, 0.29) is 17.9 Å². The predicted molar refractivity (Wildman–Crippen MR) is 118 cm³/mol. The summed E-state index contributed by atoms with van der Waals surface area (Å²) in [4.78, 5) is 26.9. The molecule has 30 heavy (non-hydrogen) atoms. The van der Waals surface area contributed by atoms with Crippen LogP contribution in [0.3, 0.4) is 0 Å². The number of hydrogen-bond acceptors (Lipinski definition) is 3. The van der Waals surface area contributed by atoms with Crippen molar-refractivity contribution >= 4 is 11.8 Å². The molecule has 1 N–H and O–H groups in total. The van der Waals surface area contributed by atoms with Crippen LogP contribution < -0.4 is 10.1 Å². The summed E-state index contributed by atoms with van der Waals surface area (Å²) in [5, 5.41) is 2.75. The second-order valence-electron chi connectivity index (χ2n) is 7.66. The SMILES string of the molecule is C=CCNC(=O)C(C)Oc1ccc2c(c1)C(c1cccc(C)c1)N(C(=O)CC)CC2. The second kappa shape index (κ2) is 9.61. The van der Waals surface area contributed by atoms with Gasteiger partial charge >= 0.3 is 0 Å². The first kappa shape index (κ1) is 21.6. The number of amides is 2. The van der Waals surface area contributed by atoms with E-state index in [1.165, 1.54) is 5.56 Å². The van der Waals surface area contributed by atoms with Crippen molar-refractivity contribution in [1.82, 2.24) is 10.2 Å². The van der Waals surface area contributed by atoms with Gasteiger partial charge in [-0.3, -0.25) is 9.59 Å². The number of rotatable bonds is 7. The molecule has 3 rings (SSSR count). The molecule has 2 atom stereocenters. The Morgan fingerprint density at radius 2 is 2.10 bits per heavy atom. The number of ether oxygens (including phenoxy) is 1. The highest BCUT2D eigenvalue weighted by Crippen LogP contribution is 2.37. The van der Waals surface area contributed by atoms with Gasteiger partial charge in [0, 0.05) is 19.5 Å². The Bertz CT molecular complexity index is 938. The molecule has 0 saturated heterocycles. The first-order chi connectivity index (χ1) is 14.4. The molecule has 5 nitrogen and oxygen atoms in total. The van der Waals surface area contributed by atoms with Crippen molar-refractivity contribution in [2.24, 2.45) is 0 Å². The molecule has 0 fully saturated rings. The summed E-state index contributed by atoms with van der Waals surface area (Å²) in [5.41, 5.74) is 4.51. The first-order valence-corrected chi connectivity index (χ1v) is 10.5. The van der Waals surface area contributed by atoms with Crippen molar-refractivity contribution < 1.29 is 14.3 Å². The van der Waals surface area contributed by atoms with E-state index in [4.69, 9.17) is 4.74 Å². The van der Waals surface area contributed by atoms with E-state index in [1.54, 1.807) is 13.0 Å². The minimum atomic E-state index is -0.627. The summed E-state index contributed by atoms with van der Waals surface area (Å²) >= 11 is 0. The van der Waals surface area contributed by atoms with E-state index in [0.29, 0.717) is 25.3 Å². The van der Waals surface area contributed by atoms with Gasteiger partial charge in [0.2, 0.25) is 5.91 Å². The molecule has 5 heteroatoms. The van der Waals surface area contributed by atoms with Gasteiger partial charge in [-0.1, -0.05) is 48.9 Å². The van der Waals surface area contributed by atoms with E-state index < -0.39 is 6.10 Å². The number of nitrogens with zero attached hydrogens (tertiary/aromatic N) is 1. The fraction of sp³-hybridized carbons (Fsp3) is 0.360. The standard InChI is InChI=1S/C25H30N2O3/c1-5-13-26-25(29)18(4)30-21-11-10-19-12-14-27(23(28)6-2)24(22(19)16-21)20-9-7-8-17(3)15-20/h5,7-11,15-16,18,24H,1,6,12-14H2,2-4H3,(H,26,29). The Labute approximate surface area is 178 Å².